The highest BCUT2D eigenvalue weighted by atomic mass is 19.4. The van der Waals surface area contributed by atoms with E-state index in [1.54, 1.807) is 13.0 Å². The summed E-state index contributed by atoms with van der Waals surface area (Å²) in [5, 5.41) is 4.23. The van der Waals surface area contributed by atoms with E-state index < -0.39 is 11.7 Å². The van der Waals surface area contributed by atoms with Gasteiger partial charge in [0.15, 0.2) is 5.82 Å². The van der Waals surface area contributed by atoms with Crippen molar-refractivity contribution in [2.45, 2.75) is 32.9 Å². The van der Waals surface area contributed by atoms with Crippen LogP contribution in [0.1, 0.15) is 30.6 Å². The van der Waals surface area contributed by atoms with Crippen molar-refractivity contribution in [3.8, 4) is 5.69 Å². The van der Waals surface area contributed by atoms with Gasteiger partial charge in [0.05, 0.1) is 11.3 Å². The molecule has 0 N–H and O–H groups in total. The molecule has 0 saturated carbocycles. The van der Waals surface area contributed by atoms with Crippen molar-refractivity contribution in [2.24, 2.45) is 0 Å². The van der Waals surface area contributed by atoms with Crippen LogP contribution in [0.25, 0.3) is 5.69 Å². The molecule has 3 nitrogen and oxygen atoms in total. The summed E-state index contributed by atoms with van der Waals surface area (Å²) < 4.78 is 39.4. The first-order valence-corrected chi connectivity index (χ1v) is 6.02. The number of aryl methyl sites for hydroxylation is 2. The topological polar surface area (TPSA) is 30.7 Å². The van der Waals surface area contributed by atoms with Gasteiger partial charge in [0.25, 0.3) is 0 Å². The molecule has 1 aromatic carbocycles. The van der Waals surface area contributed by atoms with Crippen LogP contribution in [0.4, 0.5) is 13.2 Å². The minimum atomic E-state index is -4.35. The summed E-state index contributed by atoms with van der Waals surface area (Å²) >= 11 is 0. The molecular weight excluding hydrogens is 255 g/mol. The molecule has 1 aromatic heterocycles. The van der Waals surface area contributed by atoms with E-state index >= 15 is 0 Å². The zero-order valence-corrected chi connectivity index (χ0v) is 10.7. The fourth-order valence-corrected chi connectivity index (χ4v) is 1.83. The van der Waals surface area contributed by atoms with Crippen LogP contribution in [-0.2, 0) is 12.6 Å². The summed E-state index contributed by atoms with van der Waals surface area (Å²) in [4.78, 5) is 4.24. The highest BCUT2D eigenvalue weighted by Gasteiger charge is 2.30. The average molecular weight is 269 g/mol. The number of benzene rings is 1. The van der Waals surface area contributed by atoms with E-state index in [1.165, 1.54) is 10.7 Å². The maximum absolute atomic E-state index is 12.7. The zero-order chi connectivity index (χ0) is 14.0. The Kier molecular flexibility index (Phi) is 3.59. The van der Waals surface area contributed by atoms with Crippen molar-refractivity contribution in [3.05, 3.63) is 41.5 Å². The van der Waals surface area contributed by atoms with Gasteiger partial charge in [-0.2, -0.15) is 18.3 Å². The molecule has 0 atom stereocenters. The highest BCUT2D eigenvalue weighted by Crippen LogP contribution is 2.30. The number of rotatable bonds is 3. The fourth-order valence-electron chi connectivity index (χ4n) is 1.83. The van der Waals surface area contributed by atoms with Crippen LogP contribution < -0.4 is 0 Å². The van der Waals surface area contributed by atoms with Crippen LogP contribution in [0.5, 0.6) is 0 Å². The van der Waals surface area contributed by atoms with Gasteiger partial charge in [0.1, 0.15) is 5.82 Å². The standard InChI is InChI=1S/C13H14F3N3/c1-3-5-12-17-9(2)19(18-12)11-7-4-6-10(8-11)13(14,15)16/h4,6-8H,3,5H2,1-2H3. The molecule has 0 fully saturated rings. The monoisotopic (exact) mass is 269 g/mol. The Morgan fingerprint density at radius 1 is 1.26 bits per heavy atom. The number of aromatic nitrogens is 3. The van der Waals surface area contributed by atoms with Crippen molar-refractivity contribution in [1.29, 1.82) is 0 Å². The third-order valence-corrected chi connectivity index (χ3v) is 2.70. The van der Waals surface area contributed by atoms with Crippen molar-refractivity contribution < 1.29 is 13.2 Å². The predicted octanol–water partition coefficient (Wildman–Crippen LogP) is 3.55. The Morgan fingerprint density at radius 3 is 2.63 bits per heavy atom. The largest absolute Gasteiger partial charge is 0.416 e. The Labute approximate surface area is 109 Å². The van der Waals surface area contributed by atoms with Gasteiger partial charge in [0, 0.05) is 6.42 Å². The first-order chi connectivity index (χ1) is 8.91. The molecule has 0 bridgehead atoms. The van der Waals surface area contributed by atoms with E-state index in [-0.39, 0.29) is 0 Å². The molecular formula is C13H14F3N3. The maximum Gasteiger partial charge on any atom is 0.416 e. The molecule has 0 radical (unpaired) electrons. The summed E-state index contributed by atoms with van der Waals surface area (Å²) in [6.45, 7) is 3.73. The van der Waals surface area contributed by atoms with Crippen LogP contribution in [0.15, 0.2) is 24.3 Å². The molecule has 6 heteroatoms. The molecule has 0 aliphatic carbocycles. The average Bonchev–Trinajstić information content (AvgIpc) is 2.70. The first kappa shape index (κ1) is 13.6. The van der Waals surface area contributed by atoms with Crippen molar-refractivity contribution >= 4 is 0 Å². The van der Waals surface area contributed by atoms with E-state index in [1.807, 2.05) is 6.92 Å². The van der Waals surface area contributed by atoms with E-state index in [0.717, 1.165) is 18.6 Å². The summed E-state index contributed by atoms with van der Waals surface area (Å²) in [5.41, 5.74) is -0.306. The lowest BCUT2D eigenvalue weighted by Gasteiger charge is -2.09. The minimum Gasteiger partial charge on any atom is -0.218 e. The van der Waals surface area contributed by atoms with E-state index in [2.05, 4.69) is 10.1 Å². The lowest BCUT2D eigenvalue weighted by Crippen LogP contribution is -2.07. The quantitative estimate of drug-likeness (QED) is 0.853. The van der Waals surface area contributed by atoms with Gasteiger partial charge >= 0.3 is 6.18 Å². The minimum absolute atomic E-state index is 0.377. The second kappa shape index (κ2) is 5.03. The van der Waals surface area contributed by atoms with Crippen molar-refractivity contribution in [3.63, 3.8) is 0 Å². The predicted molar refractivity (Wildman–Crippen MR) is 65.1 cm³/mol. The number of alkyl halides is 3. The fraction of sp³-hybridized carbons (Fsp3) is 0.385. The number of halogens is 3. The SMILES string of the molecule is CCCc1nc(C)n(-c2cccc(C(F)(F)F)c2)n1. The number of nitrogens with zero attached hydrogens (tertiary/aromatic N) is 3. The van der Waals surface area contributed by atoms with Gasteiger partial charge in [-0.1, -0.05) is 13.0 Å². The molecule has 2 rings (SSSR count). The van der Waals surface area contributed by atoms with Gasteiger partial charge in [-0.3, -0.25) is 0 Å². The molecule has 0 amide bonds. The molecule has 0 aliphatic rings. The Morgan fingerprint density at radius 2 is 2.00 bits per heavy atom. The molecule has 19 heavy (non-hydrogen) atoms. The molecule has 1 heterocycles. The normalized spacial score (nSPS) is 11.8. The second-order valence-corrected chi connectivity index (χ2v) is 4.29. The lowest BCUT2D eigenvalue weighted by molar-refractivity contribution is -0.137. The van der Waals surface area contributed by atoms with Gasteiger partial charge in [-0.25, -0.2) is 9.67 Å². The summed E-state index contributed by atoms with van der Waals surface area (Å²) in [6.07, 6.45) is -2.74. The van der Waals surface area contributed by atoms with Gasteiger partial charge in [-0.05, 0) is 31.5 Å². The molecule has 102 valence electrons. The molecule has 0 unspecified atom stereocenters. The summed E-state index contributed by atoms with van der Waals surface area (Å²) in [7, 11) is 0. The van der Waals surface area contributed by atoms with Gasteiger partial charge < -0.3 is 0 Å². The van der Waals surface area contributed by atoms with Gasteiger partial charge in [-0.15, -0.1) is 0 Å². The van der Waals surface area contributed by atoms with Crippen LogP contribution >= 0.6 is 0 Å². The summed E-state index contributed by atoms with van der Waals surface area (Å²) in [5.74, 6) is 1.24. The molecule has 0 spiro atoms. The molecule has 2 aromatic rings. The Bertz CT molecular complexity index is 573. The Balaban J connectivity index is 2.42. The molecule has 0 aliphatic heterocycles. The van der Waals surface area contributed by atoms with Crippen molar-refractivity contribution in [2.75, 3.05) is 0 Å². The van der Waals surface area contributed by atoms with Crippen LogP contribution in [-0.4, -0.2) is 14.8 Å². The lowest BCUT2D eigenvalue weighted by atomic mass is 10.2. The van der Waals surface area contributed by atoms with E-state index in [4.69, 9.17) is 0 Å². The number of hydrogen-bond donors (Lipinski definition) is 0. The highest BCUT2D eigenvalue weighted by molar-refractivity contribution is 5.37. The van der Waals surface area contributed by atoms with E-state index in [0.29, 0.717) is 23.8 Å². The summed E-state index contributed by atoms with van der Waals surface area (Å²) in [6, 6.07) is 5.09. The number of hydrogen-bond acceptors (Lipinski definition) is 2. The maximum atomic E-state index is 12.7. The Hall–Kier alpha value is -1.85. The van der Waals surface area contributed by atoms with Crippen LogP contribution in [0.3, 0.4) is 0 Å². The first-order valence-electron chi connectivity index (χ1n) is 6.02. The molecule has 0 saturated heterocycles. The third kappa shape index (κ3) is 2.94. The third-order valence-electron chi connectivity index (χ3n) is 2.70. The van der Waals surface area contributed by atoms with Crippen LogP contribution in [0, 0.1) is 6.92 Å². The van der Waals surface area contributed by atoms with Crippen molar-refractivity contribution in [1.82, 2.24) is 14.8 Å². The van der Waals surface area contributed by atoms with E-state index in [9.17, 15) is 13.2 Å². The zero-order valence-electron chi connectivity index (χ0n) is 10.7. The van der Waals surface area contributed by atoms with Crippen LogP contribution in [0.2, 0.25) is 0 Å². The van der Waals surface area contributed by atoms with Gasteiger partial charge in [0.2, 0.25) is 0 Å². The smallest absolute Gasteiger partial charge is 0.218 e. The second-order valence-electron chi connectivity index (χ2n) is 4.29.